The Balaban J connectivity index is 2.15. The summed E-state index contributed by atoms with van der Waals surface area (Å²) in [5.74, 6) is 0. The number of H-pyrrole nitrogens is 2. The van der Waals surface area contributed by atoms with Crippen LogP contribution in [0.1, 0.15) is 38.3 Å². The molecule has 0 fully saturated rings. The smallest absolute Gasteiger partial charge is 0.323 e. The molecule has 0 aliphatic carbocycles. The number of benzene rings is 1. The maximum atomic E-state index is 11.2. The summed E-state index contributed by atoms with van der Waals surface area (Å²) in [4.78, 5) is 16.7. The van der Waals surface area contributed by atoms with Crippen LogP contribution in [0.2, 0.25) is 0 Å². The van der Waals surface area contributed by atoms with Crippen LogP contribution in [-0.4, -0.2) is 27.7 Å². The molecule has 2 rings (SSSR count). The number of nitrogens with one attached hydrogen (secondary N) is 3. The molecule has 0 saturated heterocycles. The van der Waals surface area contributed by atoms with E-state index in [1.54, 1.807) is 0 Å². The van der Waals surface area contributed by atoms with Gasteiger partial charge in [0.1, 0.15) is 0 Å². The van der Waals surface area contributed by atoms with E-state index in [0.29, 0.717) is 6.04 Å². The summed E-state index contributed by atoms with van der Waals surface area (Å²) in [6.45, 7) is 4.39. The second-order valence-corrected chi connectivity index (χ2v) is 4.89. The van der Waals surface area contributed by atoms with Gasteiger partial charge in [0.2, 0.25) is 0 Å². The SMILES string of the molecule is CCC(CCO)NC(C)c1ccc2[nH]c(=O)[nH]c2c1. The Hall–Kier alpha value is -1.59. The topological polar surface area (TPSA) is 80.9 Å². The molecule has 0 aliphatic heterocycles. The van der Waals surface area contributed by atoms with Crippen molar-refractivity contribution in [2.75, 3.05) is 6.61 Å². The van der Waals surface area contributed by atoms with Gasteiger partial charge in [0.15, 0.2) is 0 Å². The molecule has 2 unspecified atom stereocenters. The van der Waals surface area contributed by atoms with Crippen LogP contribution in [0.25, 0.3) is 11.0 Å². The van der Waals surface area contributed by atoms with Gasteiger partial charge in [-0.15, -0.1) is 0 Å². The number of fused-ring (bicyclic) bond motifs is 1. The third kappa shape index (κ3) is 3.24. The van der Waals surface area contributed by atoms with Gasteiger partial charge in [-0.25, -0.2) is 4.79 Å². The Labute approximate surface area is 112 Å². The average molecular weight is 263 g/mol. The Morgan fingerprint density at radius 3 is 2.74 bits per heavy atom. The van der Waals surface area contributed by atoms with Gasteiger partial charge in [0, 0.05) is 18.7 Å². The molecule has 5 heteroatoms. The van der Waals surface area contributed by atoms with Gasteiger partial charge in [0.05, 0.1) is 11.0 Å². The molecule has 0 aliphatic rings. The molecule has 2 aromatic rings. The average Bonchev–Trinajstić information content (AvgIpc) is 2.76. The molecule has 0 saturated carbocycles. The van der Waals surface area contributed by atoms with Crippen molar-refractivity contribution in [3.05, 3.63) is 34.2 Å². The fourth-order valence-corrected chi connectivity index (χ4v) is 2.33. The van der Waals surface area contributed by atoms with Gasteiger partial charge in [-0.1, -0.05) is 13.0 Å². The molecule has 4 N–H and O–H groups in total. The van der Waals surface area contributed by atoms with Crippen molar-refractivity contribution in [1.29, 1.82) is 0 Å². The monoisotopic (exact) mass is 263 g/mol. The van der Waals surface area contributed by atoms with Crippen LogP contribution in [-0.2, 0) is 0 Å². The zero-order valence-electron chi connectivity index (χ0n) is 11.4. The minimum absolute atomic E-state index is 0.180. The first-order chi connectivity index (χ1) is 9.13. The highest BCUT2D eigenvalue weighted by atomic mass is 16.3. The molecular formula is C14H21N3O2. The Morgan fingerprint density at radius 2 is 2.05 bits per heavy atom. The van der Waals surface area contributed by atoms with Gasteiger partial charge in [-0.3, -0.25) is 0 Å². The van der Waals surface area contributed by atoms with E-state index < -0.39 is 0 Å². The van der Waals surface area contributed by atoms with Crippen LogP contribution >= 0.6 is 0 Å². The van der Waals surface area contributed by atoms with Crippen LogP contribution < -0.4 is 11.0 Å². The second-order valence-electron chi connectivity index (χ2n) is 4.89. The first-order valence-electron chi connectivity index (χ1n) is 6.73. The maximum absolute atomic E-state index is 11.2. The molecule has 0 radical (unpaired) electrons. The normalized spacial score (nSPS) is 14.7. The van der Waals surface area contributed by atoms with Crippen LogP contribution in [0.5, 0.6) is 0 Å². The van der Waals surface area contributed by atoms with Crippen molar-refractivity contribution >= 4 is 11.0 Å². The summed E-state index contributed by atoms with van der Waals surface area (Å²) in [6.07, 6.45) is 1.73. The van der Waals surface area contributed by atoms with Crippen molar-refractivity contribution in [3.8, 4) is 0 Å². The van der Waals surface area contributed by atoms with Gasteiger partial charge in [-0.2, -0.15) is 0 Å². The molecule has 104 valence electrons. The van der Waals surface area contributed by atoms with Crippen molar-refractivity contribution in [3.63, 3.8) is 0 Å². The lowest BCUT2D eigenvalue weighted by atomic mass is 10.0. The summed E-state index contributed by atoms with van der Waals surface area (Å²) in [6, 6.07) is 6.39. The van der Waals surface area contributed by atoms with E-state index in [2.05, 4.69) is 29.1 Å². The van der Waals surface area contributed by atoms with Crippen molar-refractivity contribution in [2.24, 2.45) is 0 Å². The molecule has 1 aromatic heterocycles. The Bertz CT molecular complexity index is 588. The lowest BCUT2D eigenvalue weighted by molar-refractivity contribution is 0.257. The van der Waals surface area contributed by atoms with E-state index in [9.17, 15) is 4.79 Å². The minimum atomic E-state index is -0.181. The molecule has 2 atom stereocenters. The molecule has 1 heterocycles. The van der Waals surface area contributed by atoms with Crippen LogP contribution in [0.4, 0.5) is 0 Å². The van der Waals surface area contributed by atoms with Crippen LogP contribution in [0.15, 0.2) is 23.0 Å². The predicted molar refractivity (Wildman–Crippen MR) is 76.3 cm³/mol. The summed E-state index contributed by atoms with van der Waals surface area (Å²) < 4.78 is 0. The van der Waals surface area contributed by atoms with E-state index in [0.717, 1.165) is 29.4 Å². The van der Waals surface area contributed by atoms with Crippen molar-refractivity contribution in [2.45, 2.75) is 38.8 Å². The van der Waals surface area contributed by atoms with Crippen LogP contribution in [0.3, 0.4) is 0 Å². The molecule has 0 amide bonds. The van der Waals surface area contributed by atoms with E-state index in [1.807, 2.05) is 18.2 Å². The number of imidazole rings is 1. The molecule has 5 nitrogen and oxygen atoms in total. The van der Waals surface area contributed by atoms with Gasteiger partial charge < -0.3 is 20.4 Å². The van der Waals surface area contributed by atoms with Crippen molar-refractivity contribution in [1.82, 2.24) is 15.3 Å². The van der Waals surface area contributed by atoms with E-state index in [1.165, 1.54) is 0 Å². The first kappa shape index (κ1) is 13.8. The highest BCUT2D eigenvalue weighted by Gasteiger charge is 2.12. The molecule has 0 bridgehead atoms. The van der Waals surface area contributed by atoms with E-state index in [4.69, 9.17) is 5.11 Å². The third-order valence-electron chi connectivity index (χ3n) is 3.50. The zero-order chi connectivity index (χ0) is 13.8. The number of aliphatic hydroxyl groups is 1. The highest BCUT2D eigenvalue weighted by Crippen LogP contribution is 2.18. The van der Waals surface area contributed by atoms with Gasteiger partial charge in [-0.05, 0) is 37.5 Å². The number of hydrogen-bond acceptors (Lipinski definition) is 3. The predicted octanol–water partition coefficient (Wildman–Crippen LogP) is 1.67. The standard InChI is InChI=1S/C14H21N3O2/c1-3-11(6-7-18)15-9(2)10-4-5-12-13(8-10)17-14(19)16-12/h4-5,8-9,11,15,18H,3,6-7H2,1-2H3,(H2,16,17,19). The van der Waals surface area contributed by atoms with E-state index in [-0.39, 0.29) is 18.3 Å². The lowest BCUT2D eigenvalue weighted by Gasteiger charge is -2.22. The number of aromatic amines is 2. The summed E-state index contributed by atoms with van der Waals surface area (Å²) in [5.41, 5.74) is 2.59. The lowest BCUT2D eigenvalue weighted by Crippen LogP contribution is -2.31. The Morgan fingerprint density at radius 1 is 1.32 bits per heavy atom. The zero-order valence-corrected chi connectivity index (χ0v) is 11.4. The second kappa shape index (κ2) is 6.04. The summed E-state index contributed by atoms with van der Waals surface area (Å²) >= 11 is 0. The third-order valence-corrected chi connectivity index (χ3v) is 3.50. The molecular weight excluding hydrogens is 242 g/mol. The quantitative estimate of drug-likeness (QED) is 0.640. The fourth-order valence-electron chi connectivity index (χ4n) is 2.33. The highest BCUT2D eigenvalue weighted by molar-refractivity contribution is 5.75. The molecule has 0 spiro atoms. The number of aliphatic hydroxyl groups excluding tert-OH is 1. The summed E-state index contributed by atoms with van der Waals surface area (Å²) in [7, 11) is 0. The van der Waals surface area contributed by atoms with Gasteiger partial charge >= 0.3 is 5.69 Å². The summed E-state index contributed by atoms with van der Waals surface area (Å²) in [5, 5.41) is 12.5. The number of rotatable bonds is 6. The fraction of sp³-hybridized carbons (Fsp3) is 0.500. The molecule has 19 heavy (non-hydrogen) atoms. The van der Waals surface area contributed by atoms with Crippen molar-refractivity contribution < 1.29 is 5.11 Å². The first-order valence-corrected chi connectivity index (χ1v) is 6.73. The Kier molecular flexibility index (Phi) is 4.39. The van der Waals surface area contributed by atoms with Gasteiger partial charge in [0.25, 0.3) is 0 Å². The van der Waals surface area contributed by atoms with Crippen LogP contribution in [0, 0.1) is 0 Å². The number of hydrogen-bond donors (Lipinski definition) is 4. The largest absolute Gasteiger partial charge is 0.396 e. The minimum Gasteiger partial charge on any atom is -0.396 e. The molecule has 1 aromatic carbocycles. The number of aromatic nitrogens is 2. The van der Waals surface area contributed by atoms with E-state index >= 15 is 0 Å². The maximum Gasteiger partial charge on any atom is 0.323 e.